The van der Waals surface area contributed by atoms with Crippen molar-refractivity contribution < 1.29 is 0 Å². The van der Waals surface area contributed by atoms with Gasteiger partial charge < -0.3 is 5.32 Å². The molecule has 0 aliphatic carbocycles. The van der Waals surface area contributed by atoms with Gasteiger partial charge in [0.25, 0.3) is 0 Å². The Morgan fingerprint density at radius 3 is 2.41 bits per heavy atom. The lowest BCUT2D eigenvalue weighted by molar-refractivity contribution is 0.692. The maximum absolute atomic E-state index is 5.80. The number of rotatable bonds is 5. The van der Waals surface area contributed by atoms with E-state index in [1.807, 2.05) is 36.7 Å². The van der Waals surface area contributed by atoms with Crippen molar-refractivity contribution in [3.8, 4) is 0 Å². The van der Waals surface area contributed by atoms with E-state index < -0.39 is 0 Å². The highest BCUT2D eigenvalue weighted by Gasteiger charge is 1.96. The molecule has 0 saturated carbocycles. The fourth-order valence-corrected chi connectivity index (χ4v) is 1.84. The van der Waals surface area contributed by atoms with Crippen molar-refractivity contribution in [2.24, 2.45) is 0 Å². The largest absolute Gasteiger partial charge is 0.309 e. The third-order valence-corrected chi connectivity index (χ3v) is 2.86. The Bertz CT molecular complexity index is 457. The zero-order valence-electron chi connectivity index (χ0n) is 9.57. The number of nitrogens with zero attached hydrogens (tertiary/aromatic N) is 1. The van der Waals surface area contributed by atoms with E-state index >= 15 is 0 Å². The first kappa shape index (κ1) is 12.1. The van der Waals surface area contributed by atoms with Crippen molar-refractivity contribution in [1.29, 1.82) is 0 Å². The Morgan fingerprint density at radius 1 is 0.941 bits per heavy atom. The maximum Gasteiger partial charge on any atom is 0.0474 e. The second-order valence-electron chi connectivity index (χ2n) is 3.91. The SMILES string of the molecule is ClCc1cccc(CNCc2ccncc2)c1. The summed E-state index contributed by atoms with van der Waals surface area (Å²) in [5.74, 6) is 0.568. The maximum atomic E-state index is 5.80. The van der Waals surface area contributed by atoms with E-state index in [1.165, 1.54) is 11.1 Å². The van der Waals surface area contributed by atoms with Crippen LogP contribution in [0.1, 0.15) is 16.7 Å². The summed E-state index contributed by atoms with van der Waals surface area (Å²) < 4.78 is 0. The monoisotopic (exact) mass is 246 g/mol. The van der Waals surface area contributed by atoms with Gasteiger partial charge in [0, 0.05) is 31.4 Å². The zero-order chi connectivity index (χ0) is 11.9. The van der Waals surface area contributed by atoms with Gasteiger partial charge >= 0.3 is 0 Å². The molecule has 88 valence electrons. The average molecular weight is 247 g/mol. The summed E-state index contributed by atoms with van der Waals surface area (Å²) in [6.45, 7) is 1.71. The molecule has 0 aliphatic rings. The standard InChI is InChI=1S/C14H15ClN2/c15-9-13-2-1-3-14(8-13)11-17-10-12-4-6-16-7-5-12/h1-8,17H,9-11H2. The van der Waals surface area contributed by atoms with Gasteiger partial charge in [-0.15, -0.1) is 11.6 Å². The van der Waals surface area contributed by atoms with Crippen LogP contribution in [0, 0.1) is 0 Å². The summed E-state index contributed by atoms with van der Waals surface area (Å²) in [4.78, 5) is 3.99. The molecule has 2 rings (SSSR count). The number of pyridine rings is 1. The third kappa shape index (κ3) is 3.84. The molecule has 1 aromatic carbocycles. The molecule has 17 heavy (non-hydrogen) atoms. The fourth-order valence-electron chi connectivity index (χ4n) is 1.67. The molecule has 0 radical (unpaired) electrons. The van der Waals surface area contributed by atoms with Crippen LogP contribution in [0.15, 0.2) is 48.8 Å². The molecule has 3 heteroatoms. The summed E-state index contributed by atoms with van der Waals surface area (Å²) in [7, 11) is 0. The molecule has 0 bridgehead atoms. The Balaban J connectivity index is 1.86. The minimum Gasteiger partial charge on any atom is -0.309 e. The van der Waals surface area contributed by atoms with Crippen LogP contribution in [0.2, 0.25) is 0 Å². The van der Waals surface area contributed by atoms with Crippen molar-refractivity contribution in [2.75, 3.05) is 0 Å². The molecular weight excluding hydrogens is 232 g/mol. The minimum atomic E-state index is 0.568. The van der Waals surface area contributed by atoms with Crippen molar-refractivity contribution in [3.05, 3.63) is 65.5 Å². The van der Waals surface area contributed by atoms with Gasteiger partial charge in [-0.25, -0.2) is 0 Å². The molecule has 0 amide bonds. The number of halogens is 1. The van der Waals surface area contributed by atoms with Crippen LogP contribution in [0.25, 0.3) is 0 Å². The van der Waals surface area contributed by atoms with Crippen LogP contribution >= 0.6 is 11.6 Å². The lowest BCUT2D eigenvalue weighted by Crippen LogP contribution is -2.12. The molecule has 0 atom stereocenters. The predicted molar refractivity (Wildman–Crippen MR) is 70.8 cm³/mol. The number of benzene rings is 1. The third-order valence-electron chi connectivity index (χ3n) is 2.55. The van der Waals surface area contributed by atoms with Gasteiger partial charge in [-0.3, -0.25) is 4.98 Å². The Kier molecular flexibility index (Phi) is 4.54. The van der Waals surface area contributed by atoms with Gasteiger partial charge in [0.2, 0.25) is 0 Å². The number of nitrogens with one attached hydrogen (secondary N) is 1. The van der Waals surface area contributed by atoms with E-state index in [2.05, 4.69) is 22.4 Å². The number of hydrogen-bond donors (Lipinski definition) is 1. The van der Waals surface area contributed by atoms with Crippen LogP contribution < -0.4 is 5.32 Å². The molecule has 1 aromatic heterocycles. The molecule has 1 N–H and O–H groups in total. The molecule has 0 unspecified atom stereocenters. The molecule has 0 fully saturated rings. The molecule has 1 heterocycles. The van der Waals surface area contributed by atoms with Crippen molar-refractivity contribution in [2.45, 2.75) is 19.0 Å². The summed E-state index contributed by atoms with van der Waals surface area (Å²) in [5, 5.41) is 3.40. The Morgan fingerprint density at radius 2 is 1.65 bits per heavy atom. The smallest absolute Gasteiger partial charge is 0.0474 e. The zero-order valence-corrected chi connectivity index (χ0v) is 10.3. The number of alkyl halides is 1. The van der Waals surface area contributed by atoms with E-state index in [4.69, 9.17) is 11.6 Å². The molecule has 2 nitrogen and oxygen atoms in total. The van der Waals surface area contributed by atoms with Crippen LogP contribution in [0.4, 0.5) is 0 Å². The van der Waals surface area contributed by atoms with Gasteiger partial charge in [-0.2, -0.15) is 0 Å². The number of aromatic nitrogens is 1. The normalized spacial score (nSPS) is 10.4. The molecular formula is C14H15ClN2. The highest BCUT2D eigenvalue weighted by molar-refractivity contribution is 6.17. The van der Waals surface area contributed by atoms with Crippen LogP contribution in [-0.2, 0) is 19.0 Å². The average Bonchev–Trinajstić information content (AvgIpc) is 2.40. The van der Waals surface area contributed by atoms with Gasteiger partial charge in [0.05, 0.1) is 0 Å². The second kappa shape index (κ2) is 6.38. The first-order chi connectivity index (χ1) is 8.38. The van der Waals surface area contributed by atoms with Gasteiger partial charge in [0.15, 0.2) is 0 Å². The summed E-state index contributed by atoms with van der Waals surface area (Å²) in [5.41, 5.74) is 3.67. The minimum absolute atomic E-state index is 0.568. The van der Waals surface area contributed by atoms with Crippen LogP contribution in [-0.4, -0.2) is 4.98 Å². The predicted octanol–water partition coefficient (Wildman–Crippen LogP) is 3.11. The lowest BCUT2D eigenvalue weighted by atomic mass is 10.1. The van der Waals surface area contributed by atoms with Gasteiger partial charge in [0.1, 0.15) is 0 Å². The molecule has 0 aliphatic heterocycles. The quantitative estimate of drug-likeness (QED) is 0.820. The Hall–Kier alpha value is -1.38. The van der Waals surface area contributed by atoms with E-state index in [0.717, 1.165) is 18.7 Å². The van der Waals surface area contributed by atoms with Crippen molar-refractivity contribution >= 4 is 11.6 Å². The fraction of sp³-hybridized carbons (Fsp3) is 0.214. The topological polar surface area (TPSA) is 24.9 Å². The van der Waals surface area contributed by atoms with E-state index in [9.17, 15) is 0 Å². The second-order valence-corrected chi connectivity index (χ2v) is 4.18. The molecule has 2 aromatic rings. The van der Waals surface area contributed by atoms with Crippen molar-refractivity contribution in [1.82, 2.24) is 10.3 Å². The summed E-state index contributed by atoms with van der Waals surface area (Å²) >= 11 is 5.80. The number of hydrogen-bond acceptors (Lipinski definition) is 2. The van der Waals surface area contributed by atoms with Crippen LogP contribution in [0.5, 0.6) is 0 Å². The highest BCUT2D eigenvalue weighted by Crippen LogP contribution is 2.07. The van der Waals surface area contributed by atoms with E-state index in [1.54, 1.807) is 0 Å². The lowest BCUT2D eigenvalue weighted by Gasteiger charge is -2.06. The molecule has 0 spiro atoms. The van der Waals surface area contributed by atoms with Crippen molar-refractivity contribution in [3.63, 3.8) is 0 Å². The molecule has 0 saturated heterocycles. The van der Waals surface area contributed by atoms with E-state index in [-0.39, 0.29) is 0 Å². The first-order valence-electron chi connectivity index (χ1n) is 5.62. The van der Waals surface area contributed by atoms with Gasteiger partial charge in [-0.05, 0) is 28.8 Å². The highest BCUT2D eigenvalue weighted by atomic mass is 35.5. The van der Waals surface area contributed by atoms with Crippen LogP contribution in [0.3, 0.4) is 0 Å². The van der Waals surface area contributed by atoms with E-state index in [0.29, 0.717) is 5.88 Å². The summed E-state index contributed by atoms with van der Waals surface area (Å²) in [6, 6.07) is 12.4. The van der Waals surface area contributed by atoms with Gasteiger partial charge in [-0.1, -0.05) is 24.3 Å². The summed E-state index contributed by atoms with van der Waals surface area (Å²) in [6.07, 6.45) is 3.62. The first-order valence-corrected chi connectivity index (χ1v) is 6.15. The Labute approximate surface area is 107 Å².